The number of aromatic nitrogens is 1. The number of nitrogens with one attached hydrogen (secondary N) is 1. The molecular formula is C20H22F4N4O. The first-order valence-corrected chi connectivity index (χ1v) is 9.21. The Morgan fingerprint density at radius 1 is 1.21 bits per heavy atom. The van der Waals surface area contributed by atoms with Crippen molar-refractivity contribution in [1.29, 1.82) is 0 Å². The van der Waals surface area contributed by atoms with Gasteiger partial charge in [-0.2, -0.15) is 13.2 Å². The Kier molecular flexibility index (Phi) is 6.07. The fourth-order valence-electron chi connectivity index (χ4n) is 3.39. The molecule has 1 amide bonds. The molecule has 5 nitrogen and oxygen atoms in total. The summed E-state index contributed by atoms with van der Waals surface area (Å²) < 4.78 is 52.7. The van der Waals surface area contributed by atoms with E-state index in [-0.39, 0.29) is 5.82 Å². The third kappa shape index (κ3) is 5.03. The van der Waals surface area contributed by atoms with Crippen LogP contribution in [0.1, 0.15) is 28.8 Å². The number of hydrogen-bond donors (Lipinski definition) is 1. The zero-order chi connectivity index (χ0) is 21.2. The first kappa shape index (κ1) is 21.0. The van der Waals surface area contributed by atoms with E-state index in [0.29, 0.717) is 17.9 Å². The molecule has 0 atom stereocenters. The Labute approximate surface area is 166 Å². The van der Waals surface area contributed by atoms with Gasteiger partial charge >= 0.3 is 6.18 Å². The van der Waals surface area contributed by atoms with Crippen molar-refractivity contribution in [3.8, 4) is 0 Å². The topological polar surface area (TPSA) is 48.5 Å². The number of piperidine rings is 1. The van der Waals surface area contributed by atoms with Crippen LogP contribution in [-0.4, -0.2) is 49.0 Å². The maximum Gasteiger partial charge on any atom is 0.417 e. The Morgan fingerprint density at radius 2 is 1.90 bits per heavy atom. The van der Waals surface area contributed by atoms with Gasteiger partial charge in [-0.1, -0.05) is 6.07 Å². The normalized spacial score (nSPS) is 15.9. The smallest absolute Gasteiger partial charge is 0.357 e. The van der Waals surface area contributed by atoms with E-state index < -0.39 is 29.0 Å². The van der Waals surface area contributed by atoms with E-state index in [1.807, 2.05) is 11.9 Å². The highest BCUT2D eigenvalue weighted by molar-refractivity contribution is 6.05. The Balaban J connectivity index is 1.78. The van der Waals surface area contributed by atoms with Crippen molar-refractivity contribution in [2.24, 2.45) is 0 Å². The molecule has 0 spiro atoms. The quantitative estimate of drug-likeness (QED) is 0.774. The molecule has 9 heteroatoms. The Hall–Kier alpha value is -2.68. The molecule has 0 radical (unpaired) electrons. The van der Waals surface area contributed by atoms with Crippen molar-refractivity contribution >= 4 is 17.5 Å². The number of likely N-dealkylation sites (tertiary alicyclic amines) is 1. The van der Waals surface area contributed by atoms with Crippen LogP contribution in [0.15, 0.2) is 36.4 Å². The van der Waals surface area contributed by atoms with E-state index in [9.17, 15) is 22.4 Å². The number of amides is 1. The molecule has 0 unspecified atom stereocenters. The molecule has 29 heavy (non-hydrogen) atoms. The molecule has 0 aliphatic carbocycles. The van der Waals surface area contributed by atoms with Gasteiger partial charge in [-0.15, -0.1) is 0 Å². The number of rotatable bonds is 4. The van der Waals surface area contributed by atoms with Crippen LogP contribution in [-0.2, 0) is 6.18 Å². The summed E-state index contributed by atoms with van der Waals surface area (Å²) in [5.41, 5.74) is -1.98. The van der Waals surface area contributed by atoms with Gasteiger partial charge in [0.05, 0.1) is 11.1 Å². The molecule has 0 bridgehead atoms. The van der Waals surface area contributed by atoms with Gasteiger partial charge in [0.2, 0.25) is 0 Å². The lowest BCUT2D eigenvalue weighted by Crippen LogP contribution is -2.42. The van der Waals surface area contributed by atoms with Gasteiger partial charge in [0.25, 0.3) is 5.91 Å². The van der Waals surface area contributed by atoms with Crippen LogP contribution in [0.3, 0.4) is 0 Å². The van der Waals surface area contributed by atoms with Gasteiger partial charge < -0.3 is 15.1 Å². The first-order chi connectivity index (χ1) is 13.6. The lowest BCUT2D eigenvalue weighted by Gasteiger charge is -2.35. The van der Waals surface area contributed by atoms with Crippen LogP contribution in [0, 0.1) is 5.82 Å². The number of halogens is 4. The highest BCUT2D eigenvalue weighted by Crippen LogP contribution is 2.33. The lowest BCUT2D eigenvalue weighted by molar-refractivity contribution is -0.138. The minimum Gasteiger partial charge on any atom is -0.357 e. The van der Waals surface area contributed by atoms with Crippen molar-refractivity contribution in [3.63, 3.8) is 0 Å². The number of carbonyl (C=O) groups excluding carboxylic acids is 1. The second-order valence-electron chi connectivity index (χ2n) is 7.17. The van der Waals surface area contributed by atoms with Crippen molar-refractivity contribution in [2.75, 3.05) is 37.4 Å². The van der Waals surface area contributed by atoms with Crippen molar-refractivity contribution in [1.82, 2.24) is 9.88 Å². The third-order valence-corrected chi connectivity index (χ3v) is 5.10. The summed E-state index contributed by atoms with van der Waals surface area (Å²) in [6.45, 7) is 1.94. The largest absolute Gasteiger partial charge is 0.417 e. The third-order valence-electron chi connectivity index (χ3n) is 5.10. The minimum atomic E-state index is -4.85. The zero-order valence-electron chi connectivity index (χ0n) is 16.1. The van der Waals surface area contributed by atoms with Crippen LogP contribution in [0.5, 0.6) is 0 Å². The number of carbonyl (C=O) groups is 1. The predicted octanol–water partition coefficient (Wildman–Crippen LogP) is 4.02. The van der Waals surface area contributed by atoms with Crippen LogP contribution >= 0.6 is 0 Å². The van der Waals surface area contributed by atoms with E-state index >= 15 is 0 Å². The van der Waals surface area contributed by atoms with E-state index in [2.05, 4.69) is 22.2 Å². The van der Waals surface area contributed by atoms with Gasteiger partial charge in [-0.25, -0.2) is 9.37 Å². The minimum absolute atomic E-state index is 0.129. The molecule has 1 N–H and O–H groups in total. The van der Waals surface area contributed by atoms with E-state index in [4.69, 9.17) is 0 Å². The van der Waals surface area contributed by atoms with Gasteiger partial charge in [0, 0.05) is 13.1 Å². The number of nitrogens with zero attached hydrogens (tertiary/aromatic N) is 3. The molecule has 3 rings (SSSR count). The maximum atomic E-state index is 13.3. The van der Waals surface area contributed by atoms with Crippen molar-refractivity contribution in [3.05, 3.63) is 53.3 Å². The SMILES string of the molecule is CN1CCC(N(C)c2cccc(NC(=O)c3ccc(F)cc3C(F)(F)F)n2)CC1. The number of hydrogen-bond acceptors (Lipinski definition) is 4. The number of pyridine rings is 1. The fourth-order valence-corrected chi connectivity index (χ4v) is 3.39. The summed E-state index contributed by atoms with van der Waals surface area (Å²) >= 11 is 0. The van der Waals surface area contributed by atoms with Crippen LogP contribution in [0.4, 0.5) is 29.2 Å². The van der Waals surface area contributed by atoms with E-state index in [1.165, 1.54) is 6.07 Å². The average molecular weight is 410 g/mol. The zero-order valence-corrected chi connectivity index (χ0v) is 16.1. The summed E-state index contributed by atoms with van der Waals surface area (Å²) in [6.07, 6.45) is -2.91. The first-order valence-electron chi connectivity index (χ1n) is 9.21. The molecule has 1 saturated heterocycles. The summed E-state index contributed by atoms with van der Waals surface area (Å²) in [7, 11) is 3.97. The molecule has 0 saturated carbocycles. The monoisotopic (exact) mass is 410 g/mol. The second kappa shape index (κ2) is 8.36. The maximum absolute atomic E-state index is 13.3. The van der Waals surface area contributed by atoms with Gasteiger partial charge in [0.1, 0.15) is 17.5 Å². The average Bonchev–Trinajstić information content (AvgIpc) is 2.67. The van der Waals surface area contributed by atoms with E-state index in [1.54, 1.807) is 12.1 Å². The summed E-state index contributed by atoms with van der Waals surface area (Å²) in [6, 6.07) is 7.21. The van der Waals surface area contributed by atoms with Crippen LogP contribution in [0.25, 0.3) is 0 Å². The number of alkyl halides is 3. The Bertz CT molecular complexity index is 879. The molecule has 1 aromatic carbocycles. The van der Waals surface area contributed by atoms with Gasteiger partial charge in [-0.05, 0) is 63.3 Å². The van der Waals surface area contributed by atoms with Crippen LogP contribution in [0.2, 0.25) is 0 Å². The van der Waals surface area contributed by atoms with Crippen molar-refractivity contribution in [2.45, 2.75) is 25.1 Å². The molecule has 156 valence electrons. The molecule has 1 aliphatic heterocycles. The standard InChI is InChI=1S/C20H22F4N4O/c1-27-10-8-14(9-11-27)28(2)18-5-3-4-17(25-18)26-19(29)15-7-6-13(21)12-16(15)20(22,23)24/h3-7,12,14H,8-11H2,1-2H3,(H,25,26,29). The molecule has 1 aromatic heterocycles. The summed E-state index contributed by atoms with van der Waals surface area (Å²) in [4.78, 5) is 21.0. The van der Waals surface area contributed by atoms with E-state index in [0.717, 1.165) is 38.1 Å². The molecule has 2 heterocycles. The lowest BCUT2D eigenvalue weighted by atomic mass is 10.0. The number of anilines is 2. The highest BCUT2D eigenvalue weighted by Gasteiger charge is 2.35. The van der Waals surface area contributed by atoms with Crippen LogP contribution < -0.4 is 10.2 Å². The number of benzene rings is 1. The molecular weight excluding hydrogens is 388 g/mol. The molecule has 2 aromatic rings. The highest BCUT2D eigenvalue weighted by atomic mass is 19.4. The summed E-state index contributed by atoms with van der Waals surface area (Å²) in [5.74, 6) is -1.31. The predicted molar refractivity (Wildman–Crippen MR) is 103 cm³/mol. The molecule has 1 fully saturated rings. The Morgan fingerprint density at radius 3 is 2.55 bits per heavy atom. The molecule has 1 aliphatic rings. The van der Waals surface area contributed by atoms with Gasteiger partial charge in [-0.3, -0.25) is 4.79 Å². The fraction of sp³-hybridized carbons (Fsp3) is 0.400. The van der Waals surface area contributed by atoms with Gasteiger partial charge in [0.15, 0.2) is 0 Å². The second-order valence-corrected chi connectivity index (χ2v) is 7.17. The summed E-state index contributed by atoms with van der Waals surface area (Å²) in [5, 5.41) is 2.39. The van der Waals surface area contributed by atoms with Crippen molar-refractivity contribution < 1.29 is 22.4 Å².